The quantitative estimate of drug-likeness (QED) is 0.788. The average molecular weight is 395 g/mol. The van der Waals surface area contributed by atoms with E-state index >= 15 is 0 Å². The topological polar surface area (TPSA) is 40.5 Å². The van der Waals surface area contributed by atoms with Crippen molar-refractivity contribution in [2.45, 2.75) is 19.9 Å². The fourth-order valence-corrected chi connectivity index (χ4v) is 2.97. The van der Waals surface area contributed by atoms with E-state index in [9.17, 15) is 9.90 Å². The third-order valence-corrected chi connectivity index (χ3v) is 4.47. The van der Waals surface area contributed by atoms with E-state index in [1.54, 1.807) is 18.2 Å². The zero-order valence-corrected chi connectivity index (χ0v) is 14.2. The van der Waals surface area contributed by atoms with Gasteiger partial charge in [-0.25, -0.2) is 0 Å². The molecule has 0 spiro atoms. The van der Waals surface area contributed by atoms with Gasteiger partial charge < -0.3 is 10.0 Å². The number of hydrogen-bond acceptors (Lipinski definition) is 2. The van der Waals surface area contributed by atoms with E-state index in [4.69, 9.17) is 0 Å². The van der Waals surface area contributed by atoms with Gasteiger partial charge in [0.1, 0.15) is 5.75 Å². The van der Waals surface area contributed by atoms with Crippen molar-refractivity contribution in [1.29, 1.82) is 0 Å². The van der Waals surface area contributed by atoms with E-state index in [0.29, 0.717) is 12.1 Å². The highest BCUT2D eigenvalue weighted by atomic mass is 127. The number of halogens is 1. The molecule has 0 aliphatic heterocycles. The van der Waals surface area contributed by atoms with Gasteiger partial charge >= 0.3 is 0 Å². The van der Waals surface area contributed by atoms with Gasteiger partial charge in [0.2, 0.25) is 0 Å². The number of carbonyl (C=O) groups excluding carboxylic acids is 1. The highest BCUT2D eigenvalue weighted by Crippen LogP contribution is 2.25. The lowest BCUT2D eigenvalue weighted by molar-refractivity contribution is 0.0701. The van der Waals surface area contributed by atoms with Crippen molar-refractivity contribution in [3.63, 3.8) is 0 Å². The highest BCUT2D eigenvalue weighted by Gasteiger charge is 2.22. The van der Waals surface area contributed by atoms with Gasteiger partial charge in [0, 0.05) is 10.1 Å². The number of carbonyl (C=O) groups is 1. The Morgan fingerprint density at radius 2 is 1.95 bits per heavy atom. The number of aromatic hydroxyl groups is 1. The van der Waals surface area contributed by atoms with Gasteiger partial charge in [0.05, 0.1) is 11.6 Å². The zero-order chi connectivity index (χ0) is 15.4. The van der Waals surface area contributed by atoms with Crippen molar-refractivity contribution >= 4 is 28.5 Å². The Balaban J connectivity index is 2.31. The molecule has 2 aromatic rings. The summed E-state index contributed by atoms with van der Waals surface area (Å²) in [6.45, 7) is 4.56. The Bertz CT molecular complexity index is 642. The van der Waals surface area contributed by atoms with Crippen molar-refractivity contribution in [3.05, 3.63) is 63.2 Å². The number of benzene rings is 2. The lowest BCUT2D eigenvalue weighted by Crippen LogP contribution is -2.33. The minimum atomic E-state index is -0.0920. The van der Waals surface area contributed by atoms with Crippen molar-refractivity contribution in [2.75, 3.05) is 6.54 Å². The number of rotatable bonds is 4. The first-order valence-corrected chi connectivity index (χ1v) is 7.97. The van der Waals surface area contributed by atoms with E-state index in [-0.39, 0.29) is 17.7 Å². The maximum Gasteiger partial charge on any atom is 0.255 e. The first kappa shape index (κ1) is 15.8. The summed E-state index contributed by atoms with van der Waals surface area (Å²) in [7, 11) is 0. The minimum absolute atomic E-state index is 0.0124. The van der Waals surface area contributed by atoms with Crippen LogP contribution in [0.15, 0.2) is 48.5 Å². The molecular formula is C17H18INO2. The van der Waals surface area contributed by atoms with E-state index in [2.05, 4.69) is 22.6 Å². The van der Waals surface area contributed by atoms with Gasteiger partial charge in [-0.1, -0.05) is 24.3 Å². The molecule has 2 aromatic carbocycles. The molecule has 0 fully saturated rings. The summed E-state index contributed by atoms with van der Waals surface area (Å²) in [6.07, 6.45) is 0. The summed E-state index contributed by atoms with van der Waals surface area (Å²) in [5.41, 5.74) is 1.64. The second-order valence-corrected chi connectivity index (χ2v) is 6.00. The predicted molar refractivity (Wildman–Crippen MR) is 92.4 cm³/mol. The van der Waals surface area contributed by atoms with E-state index in [0.717, 1.165) is 9.13 Å². The van der Waals surface area contributed by atoms with E-state index in [1.807, 2.05) is 49.1 Å². The molecule has 0 saturated carbocycles. The van der Waals surface area contributed by atoms with Gasteiger partial charge in [0.25, 0.3) is 5.91 Å². The van der Waals surface area contributed by atoms with Gasteiger partial charge in [-0.05, 0) is 66.3 Å². The monoisotopic (exact) mass is 395 g/mol. The smallest absolute Gasteiger partial charge is 0.255 e. The SMILES string of the molecule is CCN(C(=O)c1ccccc1I)C(C)c1cccc(O)c1. The number of nitrogens with zero attached hydrogens (tertiary/aromatic N) is 1. The molecule has 1 unspecified atom stereocenters. The highest BCUT2D eigenvalue weighted by molar-refractivity contribution is 14.1. The molecule has 0 aliphatic rings. The largest absolute Gasteiger partial charge is 0.508 e. The number of amides is 1. The minimum Gasteiger partial charge on any atom is -0.508 e. The molecular weight excluding hydrogens is 377 g/mol. The Morgan fingerprint density at radius 1 is 1.24 bits per heavy atom. The molecule has 0 aromatic heterocycles. The molecule has 2 rings (SSSR count). The maximum absolute atomic E-state index is 12.8. The lowest BCUT2D eigenvalue weighted by atomic mass is 10.1. The lowest BCUT2D eigenvalue weighted by Gasteiger charge is -2.29. The van der Waals surface area contributed by atoms with E-state index < -0.39 is 0 Å². The van der Waals surface area contributed by atoms with Crippen LogP contribution in [-0.4, -0.2) is 22.5 Å². The van der Waals surface area contributed by atoms with Gasteiger partial charge in [-0.2, -0.15) is 0 Å². The van der Waals surface area contributed by atoms with Crippen molar-refractivity contribution in [2.24, 2.45) is 0 Å². The van der Waals surface area contributed by atoms with Crippen LogP contribution in [-0.2, 0) is 0 Å². The third-order valence-electron chi connectivity index (χ3n) is 3.53. The molecule has 21 heavy (non-hydrogen) atoms. The molecule has 0 heterocycles. The molecule has 0 saturated heterocycles. The number of phenols is 1. The summed E-state index contributed by atoms with van der Waals surface area (Å²) < 4.78 is 0.946. The number of hydrogen-bond donors (Lipinski definition) is 1. The standard InChI is InChI=1S/C17H18INO2/c1-3-19(12(2)13-7-6-8-14(20)11-13)17(21)15-9-4-5-10-16(15)18/h4-12,20H,3H2,1-2H3. The van der Waals surface area contributed by atoms with Crippen LogP contribution in [0.3, 0.4) is 0 Å². The molecule has 1 amide bonds. The van der Waals surface area contributed by atoms with Crippen molar-refractivity contribution in [3.8, 4) is 5.75 Å². The fourth-order valence-electron chi connectivity index (χ4n) is 2.35. The Morgan fingerprint density at radius 3 is 2.57 bits per heavy atom. The molecule has 0 radical (unpaired) electrons. The fraction of sp³-hybridized carbons (Fsp3) is 0.235. The summed E-state index contributed by atoms with van der Waals surface area (Å²) in [6, 6.07) is 14.6. The Kier molecular flexibility index (Phi) is 5.22. The molecule has 4 heteroatoms. The van der Waals surface area contributed by atoms with Crippen LogP contribution in [0, 0.1) is 3.57 Å². The van der Waals surface area contributed by atoms with Crippen molar-refractivity contribution < 1.29 is 9.90 Å². The maximum atomic E-state index is 12.8. The second-order valence-electron chi connectivity index (χ2n) is 4.84. The van der Waals surface area contributed by atoms with Crippen LogP contribution in [0.25, 0.3) is 0 Å². The molecule has 0 bridgehead atoms. The van der Waals surface area contributed by atoms with Crippen LogP contribution >= 0.6 is 22.6 Å². The van der Waals surface area contributed by atoms with Crippen LogP contribution in [0.2, 0.25) is 0 Å². The molecule has 3 nitrogen and oxygen atoms in total. The molecule has 1 atom stereocenters. The molecule has 0 aliphatic carbocycles. The first-order valence-electron chi connectivity index (χ1n) is 6.89. The van der Waals surface area contributed by atoms with Crippen LogP contribution in [0.5, 0.6) is 5.75 Å². The van der Waals surface area contributed by atoms with Crippen molar-refractivity contribution in [1.82, 2.24) is 4.90 Å². The normalized spacial score (nSPS) is 12.0. The van der Waals surface area contributed by atoms with Gasteiger partial charge in [0.15, 0.2) is 0 Å². The average Bonchev–Trinajstić information content (AvgIpc) is 2.48. The number of phenolic OH excluding ortho intramolecular Hbond substituents is 1. The van der Waals surface area contributed by atoms with Crippen LogP contribution in [0.4, 0.5) is 0 Å². The van der Waals surface area contributed by atoms with Crippen LogP contribution in [0.1, 0.15) is 35.8 Å². The van der Waals surface area contributed by atoms with E-state index in [1.165, 1.54) is 0 Å². The molecule has 1 N–H and O–H groups in total. The Hall–Kier alpha value is -1.56. The zero-order valence-electron chi connectivity index (χ0n) is 12.1. The summed E-state index contributed by atoms with van der Waals surface area (Å²) in [5.74, 6) is 0.232. The summed E-state index contributed by atoms with van der Waals surface area (Å²) in [4.78, 5) is 14.6. The Labute approximate surface area is 138 Å². The summed E-state index contributed by atoms with van der Waals surface area (Å²) >= 11 is 2.18. The van der Waals surface area contributed by atoms with Crippen LogP contribution < -0.4 is 0 Å². The molecule has 110 valence electrons. The van der Waals surface area contributed by atoms with Gasteiger partial charge in [-0.15, -0.1) is 0 Å². The first-order chi connectivity index (χ1) is 10.0. The van der Waals surface area contributed by atoms with Gasteiger partial charge in [-0.3, -0.25) is 4.79 Å². The summed E-state index contributed by atoms with van der Waals surface area (Å²) in [5, 5.41) is 9.61. The third kappa shape index (κ3) is 3.56. The predicted octanol–water partition coefficient (Wildman–Crippen LogP) is 4.22. The second kappa shape index (κ2) is 6.93.